The second-order valence-electron chi connectivity index (χ2n) is 6.02. The maximum Gasteiger partial charge on any atom is 0.203 e. The Morgan fingerprint density at radius 1 is 1.15 bits per heavy atom. The van der Waals surface area contributed by atoms with Gasteiger partial charge in [-0.1, -0.05) is 6.07 Å². The van der Waals surface area contributed by atoms with Crippen molar-refractivity contribution < 1.29 is 18.9 Å². The molecule has 1 saturated heterocycles. The monoisotopic (exact) mass is 365 g/mol. The van der Waals surface area contributed by atoms with Crippen molar-refractivity contribution in [3.63, 3.8) is 0 Å². The SMILES string of the molecule is CCNC(=NCC1CCCO1)NCCc1ccc(OC)c(OC)c1OC. The molecule has 0 aliphatic carbocycles. The van der Waals surface area contributed by atoms with Gasteiger partial charge in [-0.15, -0.1) is 0 Å². The van der Waals surface area contributed by atoms with Crippen molar-refractivity contribution >= 4 is 5.96 Å². The Balaban J connectivity index is 1.96. The second-order valence-corrected chi connectivity index (χ2v) is 6.02. The summed E-state index contributed by atoms with van der Waals surface area (Å²) in [6, 6.07) is 3.89. The zero-order valence-electron chi connectivity index (χ0n) is 16.3. The van der Waals surface area contributed by atoms with Gasteiger partial charge in [-0.25, -0.2) is 0 Å². The molecule has 0 amide bonds. The van der Waals surface area contributed by atoms with Crippen molar-refractivity contribution in [2.24, 2.45) is 4.99 Å². The molecule has 1 fully saturated rings. The molecule has 1 aliphatic heterocycles. The summed E-state index contributed by atoms with van der Waals surface area (Å²) in [5, 5.41) is 6.64. The number of nitrogens with zero attached hydrogens (tertiary/aromatic N) is 1. The van der Waals surface area contributed by atoms with Crippen molar-refractivity contribution in [2.75, 3.05) is 47.6 Å². The highest BCUT2D eigenvalue weighted by molar-refractivity contribution is 5.79. The van der Waals surface area contributed by atoms with E-state index in [1.165, 1.54) is 0 Å². The summed E-state index contributed by atoms with van der Waals surface area (Å²) in [6.07, 6.45) is 3.24. The van der Waals surface area contributed by atoms with Gasteiger partial charge in [0.1, 0.15) is 0 Å². The van der Waals surface area contributed by atoms with Crippen molar-refractivity contribution in [2.45, 2.75) is 32.3 Å². The van der Waals surface area contributed by atoms with E-state index in [1.54, 1.807) is 21.3 Å². The highest BCUT2D eigenvalue weighted by Crippen LogP contribution is 2.39. The van der Waals surface area contributed by atoms with Gasteiger partial charge in [0.25, 0.3) is 0 Å². The predicted octanol–water partition coefficient (Wildman–Crippen LogP) is 1.99. The summed E-state index contributed by atoms with van der Waals surface area (Å²) < 4.78 is 21.9. The van der Waals surface area contributed by atoms with Gasteiger partial charge in [0.2, 0.25) is 5.75 Å². The molecule has 7 nitrogen and oxygen atoms in total. The maximum atomic E-state index is 5.63. The summed E-state index contributed by atoms with van der Waals surface area (Å²) in [5.74, 6) is 2.79. The number of aliphatic imine (C=N–C) groups is 1. The lowest BCUT2D eigenvalue weighted by molar-refractivity contribution is 0.117. The number of ether oxygens (including phenoxy) is 4. The van der Waals surface area contributed by atoms with Gasteiger partial charge in [0.15, 0.2) is 17.5 Å². The number of hydrogen-bond donors (Lipinski definition) is 2. The molecule has 2 N–H and O–H groups in total. The van der Waals surface area contributed by atoms with E-state index in [4.69, 9.17) is 18.9 Å². The summed E-state index contributed by atoms with van der Waals surface area (Å²) in [7, 11) is 4.87. The topological polar surface area (TPSA) is 73.3 Å². The van der Waals surface area contributed by atoms with Gasteiger partial charge < -0.3 is 29.6 Å². The number of methoxy groups -OCH3 is 3. The van der Waals surface area contributed by atoms with E-state index >= 15 is 0 Å². The first-order chi connectivity index (χ1) is 12.7. The Morgan fingerprint density at radius 2 is 1.96 bits per heavy atom. The fourth-order valence-electron chi connectivity index (χ4n) is 3.00. The molecule has 1 heterocycles. The first kappa shape index (κ1) is 20.2. The van der Waals surface area contributed by atoms with Crippen LogP contribution in [-0.4, -0.2) is 59.6 Å². The van der Waals surface area contributed by atoms with Gasteiger partial charge >= 0.3 is 0 Å². The van der Waals surface area contributed by atoms with E-state index in [-0.39, 0.29) is 6.10 Å². The molecule has 7 heteroatoms. The molecule has 0 aromatic heterocycles. The van der Waals surface area contributed by atoms with Crippen LogP contribution in [0.4, 0.5) is 0 Å². The molecular weight excluding hydrogens is 334 g/mol. The smallest absolute Gasteiger partial charge is 0.203 e. The van der Waals surface area contributed by atoms with Gasteiger partial charge in [-0.3, -0.25) is 4.99 Å². The van der Waals surface area contributed by atoms with Crippen LogP contribution in [0.2, 0.25) is 0 Å². The lowest BCUT2D eigenvalue weighted by atomic mass is 10.1. The third-order valence-electron chi connectivity index (χ3n) is 4.29. The average molecular weight is 365 g/mol. The zero-order valence-corrected chi connectivity index (χ0v) is 16.3. The molecule has 1 aromatic rings. The molecular formula is C19H31N3O4. The van der Waals surface area contributed by atoms with Gasteiger partial charge in [-0.05, 0) is 32.3 Å². The number of nitrogens with one attached hydrogen (secondary N) is 2. The Bertz CT molecular complexity index is 586. The lowest BCUT2D eigenvalue weighted by Gasteiger charge is -2.17. The minimum atomic E-state index is 0.247. The van der Waals surface area contributed by atoms with E-state index < -0.39 is 0 Å². The Labute approximate surface area is 156 Å². The molecule has 0 bridgehead atoms. The zero-order chi connectivity index (χ0) is 18.8. The van der Waals surface area contributed by atoms with E-state index in [1.807, 2.05) is 12.1 Å². The van der Waals surface area contributed by atoms with Crippen LogP contribution in [0, 0.1) is 0 Å². The van der Waals surface area contributed by atoms with Crippen LogP contribution in [0.5, 0.6) is 17.2 Å². The number of hydrogen-bond acceptors (Lipinski definition) is 5. The second kappa shape index (κ2) is 10.8. The van der Waals surface area contributed by atoms with Gasteiger partial charge in [-0.2, -0.15) is 0 Å². The number of benzene rings is 1. The minimum Gasteiger partial charge on any atom is -0.493 e. The van der Waals surface area contributed by atoms with Gasteiger partial charge in [0.05, 0.1) is 34.0 Å². The summed E-state index contributed by atoms with van der Waals surface area (Å²) in [5.41, 5.74) is 1.05. The molecule has 1 atom stereocenters. The molecule has 1 aromatic carbocycles. The summed E-state index contributed by atoms with van der Waals surface area (Å²) in [6.45, 7) is 5.14. The lowest BCUT2D eigenvalue weighted by Crippen LogP contribution is -2.39. The number of guanidine groups is 1. The fourth-order valence-corrected chi connectivity index (χ4v) is 3.00. The van der Waals surface area contributed by atoms with Crippen LogP contribution < -0.4 is 24.8 Å². The predicted molar refractivity (Wildman–Crippen MR) is 103 cm³/mol. The van der Waals surface area contributed by atoms with Crippen molar-refractivity contribution in [1.82, 2.24) is 10.6 Å². The van der Waals surface area contributed by atoms with E-state index in [0.29, 0.717) is 23.8 Å². The van der Waals surface area contributed by atoms with E-state index in [9.17, 15) is 0 Å². The molecule has 1 unspecified atom stereocenters. The molecule has 146 valence electrons. The van der Waals surface area contributed by atoms with Gasteiger partial charge in [0, 0.05) is 25.3 Å². The quantitative estimate of drug-likeness (QED) is 0.515. The number of rotatable bonds is 9. The first-order valence-corrected chi connectivity index (χ1v) is 9.15. The molecule has 0 radical (unpaired) electrons. The normalized spacial score (nSPS) is 17.1. The van der Waals surface area contributed by atoms with Crippen LogP contribution in [0.15, 0.2) is 17.1 Å². The molecule has 0 saturated carbocycles. The minimum absolute atomic E-state index is 0.247. The molecule has 2 rings (SSSR count). The Morgan fingerprint density at radius 3 is 2.58 bits per heavy atom. The fraction of sp³-hybridized carbons (Fsp3) is 0.632. The highest BCUT2D eigenvalue weighted by Gasteiger charge is 2.16. The van der Waals surface area contributed by atoms with E-state index in [0.717, 1.165) is 50.5 Å². The summed E-state index contributed by atoms with van der Waals surface area (Å²) >= 11 is 0. The largest absolute Gasteiger partial charge is 0.493 e. The van der Waals surface area contributed by atoms with Crippen molar-refractivity contribution in [3.05, 3.63) is 17.7 Å². The third-order valence-corrected chi connectivity index (χ3v) is 4.29. The maximum absolute atomic E-state index is 5.63. The molecule has 0 spiro atoms. The standard InChI is InChI=1S/C19H31N3O4/c1-5-20-19(22-13-15-7-6-12-26-15)21-11-10-14-8-9-16(23-2)18(25-4)17(14)24-3/h8-9,15H,5-7,10-13H2,1-4H3,(H2,20,21,22). The Hall–Kier alpha value is -2.15. The highest BCUT2D eigenvalue weighted by atomic mass is 16.5. The average Bonchev–Trinajstić information content (AvgIpc) is 3.18. The first-order valence-electron chi connectivity index (χ1n) is 9.15. The Kier molecular flexibility index (Phi) is 8.34. The third kappa shape index (κ3) is 5.42. The van der Waals surface area contributed by atoms with Crippen LogP contribution in [0.1, 0.15) is 25.3 Å². The van der Waals surface area contributed by atoms with Crippen LogP contribution in [0.25, 0.3) is 0 Å². The van der Waals surface area contributed by atoms with Crippen molar-refractivity contribution in [1.29, 1.82) is 0 Å². The summed E-state index contributed by atoms with van der Waals surface area (Å²) in [4.78, 5) is 4.62. The molecule has 1 aliphatic rings. The molecule has 26 heavy (non-hydrogen) atoms. The van der Waals surface area contributed by atoms with Crippen LogP contribution in [0.3, 0.4) is 0 Å². The van der Waals surface area contributed by atoms with Crippen molar-refractivity contribution in [3.8, 4) is 17.2 Å². The van der Waals surface area contributed by atoms with Crippen LogP contribution >= 0.6 is 0 Å². The van der Waals surface area contributed by atoms with E-state index in [2.05, 4.69) is 22.5 Å². The van der Waals surface area contributed by atoms with Crippen LogP contribution in [-0.2, 0) is 11.2 Å².